The summed E-state index contributed by atoms with van der Waals surface area (Å²) in [6.07, 6.45) is 2.52. The van der Waals surface area contributed by atoms with Gasteiger partial charge in [-0.2, -0.15) is 0 Å². The molecule has 1 aliphatic heterocycles. The highest BCUT2D eigenvalue weighted by atomic mass is 32.2. The summed E-state index contributed by atoms with van der Waals surface area (Å²) < 4.78 is 24.7. The van der Waals surface area contributed by atoms with Crippen LogP contribution < -0.4 is 0 Å². The third-order valence-electron chi connectivity index (χ3n) is 3.65. The lowest BCUT2D eigenvalue weighted by Crippen LogP contribution is -2.48. The second-order valence-corrected chi connectivity index (χ2v) is 9.01. The van der Waals surface area contributed by atoms with Crippen LogP contribution in [0.5, 0.6) is 0 Å². The number of aromatic nitrogens is 1. The van der Waals surface area contributed by atoms with Crippen molar-refractivity contribution in [3.8, 4) is 0 Å². The van der Waals surface area contributed by atoms with Gasteiger partial charge in [-0.3, -0.25) is 4.79 Å². The molecule has 0 bridgehead atoms. The fourth-order valence-electron chi connectivity index (χ4n) is 2.73. The number of hydrogen-bond acceptors (Lipinski definition) is 5. The van der Waals surface area contributed by atoms with Gasteiger partial charge in [0.05, 0.1) is 0 Å². The summed E-state index contributed by atoms with van der Waals surface area (Å²) in [4.78, 5) is 18.0. The van der Waals surface area contributed by atoms with Crippen molar-refractivity contribution in [1.29, 1.82) is 0 Å². The van der Waals surface area contributed by atoms with Gasteiger partial charge >= 0.3 is 0 Å². The summed E-state index contributed by atoms with van der Waals surface area (Å²) in [5.41, 5.74) is 0. The van der Waals surface area contributed by atoms with Gasteiger partial charge in [0.2, 0.25) is 20.1 Å². The van der Waals surface area contributed by atoms with Gasteiger partial charge in [0.1, 0.15) is 5.25 Å². The van der Waals surface area contributed by atoms with Gasteiger partial charge in [-0.25, -0.2) is 13.4 Å². The fraction of sp³-hybridized carbons (Fsp3) is 0.692. The van der Waals surface area contributed by atoms with Crippen LogP contribution in [-0.4, -0.2) is 42.5 Å². The van der Waals surface area contributed by atoms with E-state index in [2.05, 4.69) is 18.8 Å². The van der Waals surface area contributed by atoms with E-state index in [1.807, 2.05) is 0 Å². The Hall–Kier alpha value is -0.950. The van der Waals surface area contributed by atoms with Gasteiger partial charge in [0, 0.05) is 24.7 Å². The highest BCUT2D eigenvalue weighted by Crippen LogP contribution is 2.24. The van der Waals surface area contributed by atoms with E-state index in [0.29, 0.717) is 24.9 Å². The zero-order valence-corrected chi connectivity index (χ0v) is 13.6. The van der Waals surface area contributed by atoms with Crippen molar-refractivity contribution in [2.24, 2.45) is 11.8 Å². The van der Waals surface area contributed by atoms with Crippen molar-refractivity contribution in [3.63, 3.8) is 0 Å². The molecule has 0 N–H and O–H groups in total. The predicted molar refractivity (Wildman–Crippen MR) is 78.3 cm³/mol. The number of rotatable bonds is 3. The van der Waals surface area contributed by atoms with Crippen LogP contribution in [0.1, 0.15) is 27.2 Å². The number of piperidine rings is 1. The molecule has 0 aliphatic carbocycles. The SMILES string of the molecule is C[C@@H]1C[C@@H](C)CN(C(=O)[C@@H](C)S(=O)(=O)c2nccs2)C1. The first kappa shape index (κ1) is 15.4. The number of carbonyl (C=O) groups is 1. The number of carbonyl (C=O) groups excluding carboxylic acids is 1. The van der Waals surface area contributed by atoms with E-state index >= 15 is 0 Å². The molecule has 2 rings (SSSR count). The minimum atomic E-state index is -3.66. The van der Waals surface area contributed by atoms with E-state index in [-0.39, 0.29) is 10.2 Å². The number of amides is 1. The first-order chi connectivity index (χ1) is 9.32. The van der Waals surface area contributed by atoms with Crippen LogP contribution in [0.25, 0.3) is 0 Å². The standard InChI is InChI=1S/C13H20N2O3S2/c1-9-6-10(2)8-15(7-9)12(16)11(3)20(17,18)13-14-4-5-19-13/h4-5,9-11H,6-8H2,1-3H3/t9-,10-,11-/m1/s1. The number of thiazole rings is 1. The maximum absolute atomic E-state index is 12.5. The number of sulfone groups is 1. The molecule has 20 heavy (non-hydrogen) atoms. The molecule has 3 atom stereocenters. The highest BCUT2D eigenvalue weighted by Gasteiger charge is 2.36. The van der Waals surface area contributed by atoms with Crippen LogP contribution in [0.3, 0.4) is 0 Å². The van der Waals surface area contributed by atoms with Crippen molar-refractivity contribution in [1.82, 2.24) is 9.88 Å². The van der Waals surface area contributed by atoms with E-state index in [1.54, 1.807) is 10.3 Å². The van der Waals surface area contributed by atoms with Gasteiger partial charge in [-0.15, -0.1) is 11.3 Å². The minimum absolute atomic E-state index is 0.0245. The summed E-state index contributed by atoms with van der Waals surface area (Å²) in [7, 11) is -3.66. The zero-order valence-electron chi connectivity index (χ0n) is 11.9. The van der Waals surface area contributed by atoms with E-state index in [4.69, 9.17) is 0 Å². The van der Waals surface area contributed by atoms with E-state index in [1.165, 1.54) is 13.1 Å². The second kappa shape index (κ2) is 5.81. The molecule has 0 spiro atoms. The molecule has 1 aliphatic rings. The molecule has 1 amide bonds. The smallest absolute Gasteiger partial charge is 0.241 e. The first-order valence-corrected chi connectivity index (χ1v) is 9.17. The summed E-state index contributed by atoms with van der Waals surface area (Å²) in [5.74, 6) is 0.522. The Morgan fingerprint density at radius 3 is 2.50 bits per heavy atom. The van der Waals surface area contributed by atoms with E-state index in [9.17, 15) is 13.2 Å². The minimum Gasteiger partial charge on any atom is -0.341 e. The molecule has 0 aromatic carbocycles. The van der Waals surface area contributed by atoms with Crippen molar-refractivity contribution >= 4 is 27.1 Å². The van der Waals surface area contributed by atoms with Crippen molar-refractivity contribution in [2.45, 2.75) is 36.8 Å². The Kier molecular flexibility index (Phi) is 4.49. The van der Waals surface area contributed by atoms with Crippen LogP contribution in [0.4, 0.5) is 0 Å². The molecular formula is C13H20N2O3S2. The third kappa shape index (κ3) is 3.03. The molecule has 1 saturated heterocycles. The zero-order chi connectivity index (χ0) is 14.9. The van der Waals surface area contributed by atoms with Crippen molar-refractivity contribution in [2.75, 3.05) is 13.1 Å². The van der Waals surface area contributed by atoms with Crippen LogP contribution in [-0.2, 0) is 14.6 Å². The summed E-state index contributed by atoms with van der Waals surface area (Å²) in [6.45, 7) is 6.93. The van der Waals surface area contributed by atoms with Crippen LogP contribution >= 0.6 is 11.3 Å². The predicted octanol–water partition coefficient (Wildman–Crippen LogP) is 1.81. The topological polar surface area (TPSA) is 67.3 Å². The second-order valence-electron chi connectivity index (χ2n) is 5.67. The summed E-state index contributed by atoms with van der Waals surface area (Å²) >= 11 is 1.05. The lowest BCUT2D eigenvalue weighted by atomic mass is 9.92. The normalized spacial score (nSPS) is 25.4. The van der Waals surface area contributed by atoms with Crippen molar-refractivity contribution in [3.05, 3.63) is 11.6 Å². The number of nitrogens with zero attached hydrogens (tertiary/aromatic N) is 2. The molecule has 1 aromatic heterocycles. The van der Waals surface area contributed by atoms with Gasteiger partial charge in [0.25, 0.3) is 0 Å². The number of likely N-dealkylation sites (tertiary alicyclic amines) is 1. The van der Waals surface area contributed by atoms with Crippen LogP contribution in [0, 0.1) is 11.8 Å². The van der Waals surface area contributed by atoms with E-state index < -0.39 is 15.1 Å². The summed E-state index contributed by atoms with van der Waals surface area (Å²) in [5, 5.41) is 0.543. The Bertz CT molecular complexity index is 558. The molecular weight excluding hydrogens is 296 g/mol. The first-order valence-electron chi connectivity index (χ1n) is 6.74. The number of hydrogen-bond donors (Lipinski definition) is 0. The van der Waals surface area contributed by atoms with Crippen LogP contribution in [0.15, 0.2) is 15.9 Å². The molecule has 1 fully saturated rings. The maximum Gasteiger partial charge on any atom is 0.241 e. The van der Waals surface area contributed by atoms with Gasteiger partial charge in [-0.05, 0) is 25.2 Å². The Morgan fingerprint density at radius 1 is 1.40 bits per heavy atom. The molecule has 0 unspecified atom stereocenters. The largest absolute Gasteiger partial charge is 0.341 e. The third-order valence-corrected chi connectivity index (χ3v) is 6.92. The Labute approximate surface area is 123 Å². The molecule has 0 radical (unpaired) electrons. The molecule has 112 valence electrons. The van der Waals surface area contributed by atoms with Crippen molar-refractivity contribution < 1.29 is 13.2 Å². The summed E-state index contributed by atoms with van der Waals surface area (Å²) in [6, 6.07) is 0. The van der Waals surface area contributed by atoms with Crippen LogP contribution in [0.2, 0.25) is 0 Å². The lowest BCUT2D eigenvalue weighted by Gasteiger charge is -2.36. The van der Waals surface area contributed by atoms with Gasteiger partial charge in [-0.1, -0.05) is 13.8 Å². The average molecular weight is 316 g/mol. The van der Waals surface area contributed by atoms with E-state index in [0.717, 1.165) is 17.8 Å². The Balaban J connectivity index is 2.17. The molecule has 7 heteroatoms. The fourth-order valence-corrected chi connectivity index (χ4v) is 5.16. The highest BCUT2D eigenvalue weighted by molar-refractivity contribution is 7.94. The average Bonchev–Trinajstić information content (AvgIpc) is 2.90. The molecule has 1 aromatic rings. The molecule has 0 saturated carbocycles. The van der Waals surface area contributed by atoms with Gasteiger partial charge in [0.15, 0.2) is 0 Å². The Morgan fingerprint density at radius 2 is 2.00 bits per heavy atom. The monoisotopic (exact) mass is 316 g/mol. The quantitative estimate of drug-likeness (QED) is 0.853. The lowest BCUT2D eigenvalue weighted by molar-refractivity contribution is -0.133. The maximum atomic E-state index is 12.5. The van der Waals surface area contributed by atoms with Gasteiger partial charge < -0.3 is 4.90 Å². The molecule has 2 heterocycles. The molecule has 5 nitrogen and oxygen atoms in total.